The number of anilines is 1. The van der Waals surface area contributed by atoms with Gasteiger partial charge in [-0.05, 0) is 60.5 Å². The molecule has 9 amide bonds. The lowest BCUT2D eigenvalue weighted by molar-refractivity contribution is -0.372. The van der Waals surface area contributed by atoms with Crippen LogP contribution in [0.2, 0.25) is 0 Å². The largest absolute Gasteiger partial charge is 0.441 e. The number of aromatic nitrogens is 6. The first kappa shape index (κ1) is 93.7. The Kier molecular flexibility index (Phi) is 35.5. The predicted molar refractivity (Wildman–Crippen MR) is 394 cm³/mol. The topological polar surface area (TPSA) is 799 Å². The number of imidazole rings is 1. The number of hydrogen-bond acceptors (Lipinski definition) is 40. The molecular formula is C65H103N21O27S2. The van der Waals surface area contributed by atoms with Gasteiger partial charge in [0.05, 0.1) is 80.3 Å². The number of ether oxygens (including phenoxy) is 7. The summed E-state index contributed by atoms with van der Waals surface area (Å²) in [7, 11) is 1.81. The van der Waals surface area contributed by atoms with Crippen LogP contribution in [0.1, 0.15) is 121 Å². The van der Waals surface area contributed by atoms with Gasteiger partial charge in [0.15, 0.2) is 37.3 Å². The van der Waals surface area contributed by atoms with Crippen LogP contribution in [0, 0.1) is 6.92 Å². The van der Waals surface area contributed by atoms with E-state index >= 15 is 9.59 Å². The number of rotatable bonds is 43. The summed E-state index contributed by atoms with van der Waals surface area (Å²) in [6, 6.07) is -10.2. The molecule has 34 N–H and O–H groups in total. The van der Waals surface area contributed by atoms with Crippen molar-refractivity contribution in [3.63, 3.8) is 0 Å². The van der Waals surface area contributed by atoms with Gasteiger partial charge in [-0.25, -0.2) is 29.7 Å². The number of aromatic amines is 1. The van der Waals surface area contributed by atoms with Crippen LogP contribution in [-0.2, 0) is 61.9 Å². The average molecular weight is 1670 g/mol. The number of carbonyl (C=O) groups excluding carboxylic acids is 9. The maximum absolute atomic E-state index is 15.3. The predicted octanol–water partition coefficient (Wildman–Crippen LogP) is -11.4. The number of nitrogen functional groups attached to an aromatic ring is 1. The Bertz CT molecular complexity index is 3880. The zero-order valence-electron chi connectivity index (χ0n) is 62.9. The zero-order chi connectivity index (χ0) is 85.0. The second-order valence-corrected chi connectivity index (χ2v) is 29.2. The molecule has 4 aromatic heterocycles. The Labute approximate surface area is 663 Å². The van der Waals surface area contributed by atoms with Crippen LogP contribution >= 0.6 is 22.7 Å². The molecule has 50 heteroatoms. The Morgan fingerprint density at radius 1 is 0.696 bits per heavy atom. The zero-order valence-corrected chi connectivity index (χ0v) is 64.5. The Morgan fingerprint density at radius 3 is 2.02 bits per heavy atom. The molecule has 0 aromatic carbocycles. The monoisotopic (exact) mass is 1670 g/mol. The van der Waals surface area contributed by atoms with E-state index in [1.807, 2.05) is 0 Å². The van der Waals surface area contributed by atoms with Crippen molar-refractivity contribution in [2.24, 2.45) is 34.4 Å². The molecule has 642 valence electrons. The van der Waals surface area contributed by atoms with Gasteiger partial charge in [-0.15, -0.1) is 22.7 Å². The maximum atomic E-state index is 15.3. The van der Waals surface area contributed by atoms with Crippen molar-refractivity contribution in [1.29, 1.82) is 0 Å². The minimum absolute atomic E-state index is 0.0121. The van der Waals surface area contributed by atoms with E-state index in [9.17, 15) is 89.7 Å². The van der Waals surface area contributed by atoms with Crippen molar-refractivity contribution >= 4 is 81.8 Å². The van der Waals surface area contributed by atoms with Crippen molar-refractivity contribution in [2.45, 2.75) is 225 Å². The third kappa shape index (κ3) is 25.5. The van der Waals surface area contributed by atoms with E-state index in [4.69, 9.17) is 73.3 Å². The van der Waals surface area contributed by atoms with Crippen LogP contribution in [0.3, 0.4) is 0 Å². The van der Waals surface area contributed by atoms with Crippen LogP contribution in [0.5, 0.6) is 0 Å². The minimum Gasteiger partial charge on any atom is -0.441 e. The number of amides is 9. The Hall–Kier alpha value is -8.50. The highest BCUT2D eigenvalue weighted by atomic mass is 32.1. The van der Waals surface area contributed by atoms with Gasteiger partial charge in [-0.2, -0.15) is 0 Å². The van der Waals surface area contributed by atoms with E-state index in [0.29, 0.717) is 19.4 Å². The van der Waals surface area contributed by atoms with E-state index in [2.05, 4.69) is 72.4 Å². The number of carbonyl (C=O) groups is 9. The van der Waals surface area contributed by atoms with Gasteiger partial charge in [-0.1, -0.05) is 0 Å². The van der Waals surface area contributed by atoms with Gasteiger partial charge in [0.25, 0.3) is 11.8 Å². The van der Waals surface area contributed by atoms with E-state index < -0.39 is 256 Å². The summed E-state index contributed by atoms with van der Waals surface area (Å²) in [6.45, 7) is 3.87. The standard InChI is InChI=1S/C65H103N21O27S2/c1-22-39(83-54(85-52(22)70)28(13-35(68)91)77-15-27(67)53(71)101)56(103)84-41(49(29-16-74-21-78-29)110-64-51(45(97)42(94)33(17-87)109-64)111-63-47(99)50(112-65(72)106)43(95)34(18-88)108-63)58(105)79-23(2)32(90)14-37(93)82-40(24(3)89)57(104)86-59(113-62-46(98)44(96)38(69)25(4)107-62)48(100)61-81-31(20-115-61)60-80-30(19-114-60)55(102)76-10-6-8-26(66)12-36(92)75-11-7-9-73-5/h16,19-21,23-28,32-34,38,40-51,59,62-64,73,77,87-90,94-100H,6-15,17-18,66-67,69H2,1-5H3,(H2,68,91)(H2,71,101)(H2,72,106)(H,74,78)(H,75,92)(H,76,102)(H,79,105)(H,82,93)(H,84,103)(H,86,104)(H2,70,83,85). The second-order valence-electron chi connectivity index (χ2n) is 27.4. The van der Waals surface area contributed by atoms with Crippen LogP contribution in [0.4, 0.5) is 10.6 Å². The van der Waals surface area contributed by atoms with E-state index in [0.717, 1.165) is 62.0 Å². The molecule has 3 aliphatic heterocycles. The summed E-state index contributed by atoms with van der Waals surface area (Å²) >= 11 is 1.84. The third-order valence-corrected chi connectivity index (χ3v) is 20.4. The number of aliphatic hydroxyl groups excluding tert-OH is 11. The molecule has 4 aromatic rings. The molecule has 26 unspecified atom stereocenters. The molecule has 48 nitrogen and oxygen atoms in total. The normalized spacial score (nSPS) is 26.5. The van der Waals surface area contributed by atoms with Gasteiger partial charge < -0.3 is 177 Å². The molecule has 0 saturated carbocycles. The SMILES string of the molecule is CNCCCNC(=O)CC(N)CCCNC(=O)c1csc(-c2csc(C(O)C(NC(=O)C(NC(=O)CC(O)C(C)NC(=O)C(NC(=O)c3nc(C(CC(N)=O)NCC(N)C(N)=O)nc(N)c3C)C(OC3OC(CO)C(O)C(O)C3OC3OC(CO)C(O)C(OC(N)=O)C3O)c3cnc[nH]3)C(C)O)OC3OC(C)C(N)C(O)C3O)n2)n1. The van der Waals surface area contributed by atoms with Crippen LogP contribution < -0.4 is 82.7 Å². The summed E-state index contributed by atoms with van der Waals surface area (Å²) in [5.74, 6) is -8.63. The molecule has 7 heterocycles. The number of aliphatic hydroxyl groups is 11. The molecular weight excluding hydrogens is 1570 g/mol. The molecule has 0 bridgehead atoms. The number of thiazole rings is 2. The van der Waals surface area contributed by atoms with Crippen molar-refractivity contribution in [1.82, 2.24) is 72.4 Å². The van der Waals surface area contributed by atoms with Gasteiger partial charge >= 0.3 is 6.09 Å². The summed E-state index contributed by atoms with van der Waals surface area (Å²) < 4.78 is 40.4. The van der Waals surface area contributed by atoms with Gasteiger partial charge in [-0.3, -0.25) is 38.4 Å². The minimum atomic E-state index is -2.27. The fourth-order valence-corrected chi connectivity index (χ4v) is 13.5. The lowest BCUT2D eigenvalue weighted by Crippen LogP contribution is -2.65. The second kappa shape index (κ2) is 43.6. The fraction of sp³-hybridized carbons (Fsp3) is 0.662. The van der Waals surface area contributed by atoms with Crippen LogP contribution in [-0.4, -0.2) is 327 Å². The fourth-order valence-electron chi connectivity index (χ4n) is 11.9. The molecule has 0 radical (unpaired) electrons. The molecule has 26 atom stereocenters. The molecule has 7 rings (SSSR count). The average Bonchev–Trinajstić information content (AvgIpc) is 1.36. The number of primary amides is 3. The number of H-pyrrole nitrogens is 1. The van der Waals surface area contributed by atoms with Crippen LogP contribution in [0.25, 0.3) is 10.7 Å². The van der Waals surface area contributed by atoms with Crippen molar-refractivity contribution in [3.05, 3.63) is 56.8 Å². The molecule has 3 saturated heterocycles. The quantitative estimate of drug-likeness (QED) is 0.0145. The van der Waals surface area contributed by atoms with Crippen molar-refractivity contribution in [3.8, 4) is 10.7 Å². The highest BCUT2D eigenvalue weighted by Gasteiger charge is 2.54. The number of nitrogens with zero attached hydrogens (tertiary/aromatic N) is 5. The van der Waals surface area contributed by atoms with Crippen molar-refractivity contribution in [2.75, 3.05) is 52.2 Å². The van der Waals surface area contributed by atoms with Gasteiger partial charge in [0, 0.05) is 54.8 Å². The first-order valence-corrected chi connectivity index (χ1v) is 37.9. The lowest BCUT2D eigenvalue weighted by atomic mass is 9.97. The molecule has 0 spiro atoms. The first-order chi connectivity index (χ1) is 54.4. The van der Waals surface area contributed by atoms with Gasteiger partial charge in [0.2, 0.25) is 35.4 Å². The maximum Gasteiger partial charge on any atom is 0.404 e. The van der Waals surface area contributed by atoms with E-state index in [1.165, 1.54) is 24.6 Å². The smallest absolute Gasteiger partial charge is 0.404 e. The van der Waals surface area contributed by atoms with Crippen LogP contribution in [0.15, 0.2) is 23.3 Å². The number of nitrogens with one attached hydrogen (secondary N) is 9. The number of hydrogen-bond donors (Lipinski definition) is 27. The first-order valence-electron chi connectivity index (χ1n) is 36.1. The molecule has 3 fully saturated rings. The number of nitrogens with two attached hydrogens (primary N) is 7. The van der Waals surface area contributed by atoms with E-state index in [-0.39, 0.29) is 51.5 Å². The molecule has 0 aliphatic carbocycles. The summed E-state index contributed by atoms with van der Waals surface area (Å²) in [5.41, 5.74) is 39.5. The summed E-state index contributed by atoms with van der Waals surface area (Å²) in [6.07, 6.45) is -36.3. The Balaban J connectivity index is 1.14. The highest BCUT2D eigenvalue weighted by Crippen LogP contribution is 2.36. The van der Waals surface area contributed by atoms with E-state index in [1.54, 1.807) is 7.05 Å². The Morgan fingerprint density at radius 2 is 1.37 bits per heavy atom. The molecule has 115 heavy (non-hydrogen) atoms. The summed E-state index contributed by atoms with van der Waals surface area (Å²) in [5, 5.41) is 146. The third-order valence-electron chi connectivity index (χ3n) is 18.6. The van der Waals surface area contributed by atoms with Gasteiger partial charge in [0.1, 0.15) is 112 Å². The molecule has 3 aliphatic rings. The highest BCUT2D eigenvalue weighted by molar-refractivity contribution is 7.14. The summed E-state index contributed by atoms with van der Waals surface area (Å²) in [4.78, 5) is 145. The lowest BCUT2D eigenvalue weighted by Gasteiger charge is -2.47. The van der Waals surface area contributed by atoms with Crippen molar-refractivity contribution < 1.29 is 132 Å².